The van der Waals surface area contributed by atoms with Crippen molar-refractivity contribution in [1.29, 1.82) is 0 Å². The van der Waals surface area contributed by atoms with Crippen LogP contribution in [0.25, 0.3) is 10.3 Å². The molecule has 0 amide bonds. The minimum absolute atomic E-state index is 0.648. The summed E-state index contributed by atoms with van der Waals surface area (Å²) in [5.74, 6) is 3.36. The van der Waals surface area contributed by atoms with Gasteiger partial charge in [0.2, 0.25) is 0 Å². The number of aromatic nitrogens is 3. The summed E-state index contributed by atoms with van der Waals surface area (Å²) < 4.78 is 6.30. The van der Waals surface area contributed by atoms with Crippen LogP contribution in [0.4, 0.5) is 22.3 Å². The molecule has 0 unspecified atom stereocenters. The number of terminal acetylenes is 1. The summed E-state index contributed by atoms with van der Waals surface area (Å²) in [5, 5.41) is 7.50. The van der Waals surface area contributed by atoms with Crippen LogP contribution in [-0.2, 0) is 11.2 Å². The maximum atomic E-state index is 5.51. The van der Waals surface area contributed by atoms with E-state index in [1.54, 1.807) is 0 Å². The van der Waals surface area contributed by atoms with Crippen molar-refractivity contribution in [2.75, 3.05) is 43.5 Å². The number of hydrogen-bond donors (Lipinski definition) is 2. The SMILES string of the molecule is C#Cc1cccc(Nc2ncnc3nc(Nc4ccc(CCN5CCOCC5)cc4)sc23)c1. The average molecular weight is 457 g/mol. The van der Waals surface area contributed by atoms with Crippen LogP contribution in [0.5, 0.6) is 0 Å². The highest BCUT2D eigenvalue weighted by Crippen LogP contribution is 2.32. The molecule has 4 aromatic rings. The second kappa shape index (κ2) is 9.96. The van der Waals surface area contributed by atoms with Gasteiger partial charge in [0.05, 0.1) is 13.2 Å². The number of nitrogens with zero attached hydrogens (tertiary/aromatic N) is 4. The predicted molar refractivity (Wildman–Crippen MR) is 134 cm³/mol. The average Bonchev–Trinajstić information content (AvgIpc) is 3.28. The fraction of sp³-hybridized carbons (Fsp3) is 0.240. The van der Waals surface area contributed by atoms with E-state index in [1.165, 1.54) is 23.2 Å². The van der Waals surface area contributed by atoms with E-state index in [2.05, 4.69) is 60.7 Å². The molecule has 33 heavy (non-hydrogen) atoms. The molecule has 0 atom stereocenters. The number of fused-ring (bicyclic) bond motifs is 1. The normalized spacial score (nSPS) is 14.2. The lowest BCUT2D eigenvalue weighted by Gasteiger charge is -2.26. The Bertz CT molecular complexity index is 1270. The maximum Gasteiger partial charge on any atom is 0.189 e. The zero-order chi connectivity index (χ0) is 22.5. The van der Waals surface area contributed by atoms with Gasteiger partial charge in [-0.2, -0.15) is 4.98 Å². The molecule has 166 valence electrons. The molecule has 2 aromatic heterocycles. The number of anilines is 4. The number of hydrogen-bond acceptors (Lipinski definition) is 8. The molecule has 1 aliphatic heterocycles. The van der Waals surface area contributed by atoms with Crippen LogP contribution in [0.3, 0.4) is 0 Å². The third-order valence-electron chi connectivity index (χ3n) is 5.51. The van der Waals surface area contributed by atoms with Gasteiger partial charge in [-0.3, -0.25) is 4.90 Å². The lowest BCUT2D eigenvalue weighted by atomic mass is 10.1. The zero-order valence-corrected chi connectivity index (χ0v) is 18.9. The van der Waals surface area contributed by atoms with Gasteiger partial charge in [-0.1, -0.05) is 35.5 Å². The van der Waals surface area contributed by atoms with Gasteiger partial charge in [-0.15, -0.1) is 6.42 Å². The van der Waals surface area contributed by atoms with Crippen LogP contribution >= 0.6 is 11.3 Å². The predicted octanol–water partition coefficient (Wildman–Crippen LogP) is 4.43. The first kappa shape index (κ1) is 21.3. The summed E-state index contributed by atoms with van der Waals surface area (Å²) in [4.78, 5) is 15.8. The van der Waals surface area contributed by atoms with Gasteiger partial charge in [0, 0.05) is 36.6 Å². The Hall–Kier alpha value is -3.51. The Labute approximate surface area is 196 Å². The van der Waals surface area contributed by atoms with Gasteiger partial charge in [0.25, 0.3) is 0 Å². The van der Waals surface area contributed by atoms with E-state index in [0.29, 0.717) is 11.5 Å². The van der Waals surface area contributed by atoms with Crippen molar-refractivity contribution >= 4 is 44.0 Å². The molecule has 3 heterocycles. The summed E-state index contributed by atoms with van der Waals surface area (Å²) in [6, 6.07) is 16.2. The Balaban J connectivity index is 1.26. The Kier molecular flexibility index (Phi) is 6.44. The molecule has 0 bridgehead atoms. The first-order chi connectivity index (χ1) is 16.3. The number of nitrogens with one attached hydrogen (secondary N) is 2. The number of ether oxygens (including phenoxy) is 1. The highest BCUT2D eigenvalue weighted by Gasteiger charge is 2.12. The first-order valence-corrected chi connectivity index (χ1v) is 11.7. The molecule has 0 radical (unpaired) electrons. The summed E-state index contributed by atoms with van der Waals surface area (Å²) in [5.41, 5.74) is 4.65. The lowest BCUT2D eigenvalue weighted by molar-refractivity contribution is 0.0384. The van der Waals surface area contributed by atoms with E-state index in [1.807, 2.05) is 24.3 Å². The van der Waals surface area contributed by atoms with E-state index in [0.717, 1.165) is 66.0 Å². The topological polar surface area (TPSA) is 75.2 Å². The maximum absolute atomic E-state index is 5.51. The summed E-state index contributed by atoms with van der Waals surface area (Å²) >= 11 is 1.51. The highest BCUT2D eigenvalue weighted by molar-refractivity contribution is 7.22. The minimum atomic E-state index is 0.648. The van der Waals surface area contributed by atoms with Crippen LogP contribution in [0.15, 0.2) is 54.9 Å². The van der Waals surface area contributed by atoms with Gasteiger partial charge in [-0.05, 0) is 42.3 Å². The Morgan fingerprint density at radius 1 is 1.03 bits per heavy atom. The van der Waals surface area contributed by atoms with Crippen molar-refractivity contribution in [2.24, 2.45) is 0 Å². The highest BCUT2D eigenvalue weighted by atomic mass is 32.1. The van der Waals surface area contributed by atoms with E-state index in [9.17, 15) is 0 Å². The lowest BCUT2D eigenvalue weighted by Crippen LogP contribution is -2.37. The van der Waals surface area contributed by atoms with Crippen LogP contribution in [0, 0.1) is 12.3 Å². The fourth-order valence-electron chi connectivity index (χ4n) is 3.71. The largest absolute Gasteiger partial charge is 0.379 e. The number of rotatable bonds is 7. The van der Waals surface area contributed by atoms with Crippen molar-refractivity contribution in [3.05, 3.63) is 66.0 Å². The fourth-order valence-corrected chi connectivity index (χ4v) is 4.59. The van der Waals surface area contributed by atoms with Crippen LogP contribution in [0.2, 0.25) is 0 Å². The van der Waals surface area contributed by atoms with Crippen LogP contribution in [0.1, 0.15) is 11.1 Å². The number of thiazole rings is 1. The quantitative estimate of drug-likeness (QED) is 0.399. The van der Waals surface area contributed by atoms with Crippen molar-refractivity contribution in [2.45, 2.75) is 6.42 Å². The molecule has 1 saturated heterocycles. The van der Waals surface area contributed by atoms with Crippen molar-refractivity contribution in [1.82, 2.24) is 19.9 Å². The summed E-state index contributed by atoms with van der Waals surface area (Å²) in [7, 11) is 0. The van der Waals surface area contributed by atoms with E-state index in [-0.39, 0.29) is 0 Å². The van der Waals surface area contributed by atoms with Crippen molar-refractivity contribution < 1.29 is 4.74 Å². The molecule has 7 nitrogen and oxygen atoms in total. The van der Waals surface area contributed by atoms with Crippen molar-refractivity contribution in [3.63, 3.8) is 0 Å². The minimum Gasteiger partial charge on any atom is -0.379 e. The van der Waals surface area contributed by atoms with Gasteiger partial charge in [0.1, 0.15) is 11.0 Å². The molecule has 1 fully saturated rings. The molecule has 0 saturated carbocycles. The van der Waals surface area contributed by atoms with Gasteiger partial charge >= 0.3 is 0 Å². The van der Waals surface area contributed by atoms with E-state index < -0.39 is 0 Å². The monoisotopic (exact) mass is 456 g/mol. The third kappa shape index (κ3) is 5.29. The number of morpholine rings is 1. The van der Waals surface area contributed by atoms with E-state index in [4.69, 9.17) is 11.2 Å². The molecule has 2 aromatic carbocycles. The van der Waals surface area contributed by atoms with Gasteiger partial charge < -0.3 is 15.4 Å². The van der Waals surface area contributed by atoms with Crippen molar-refractivity contribution in [3.8, 4) is 12.3 Å². The van der Waals surface area contributed by atoms with Crippen LogP contribution in [-0.4, -0.2) is 52.7 Å². The van der Waals surface area contributed by atoms with E-state index >= 15 is 0 Å². The van der Waals surface area contributed by atoms with Gasteiger partial charge in [0.15, 0.2) is 16.6 Å². The Morgan fingerprint density at radius 3 is 2.70 bits per heavy atom. The third-order valence-corrected chi connectivity index (χ3v) is 6.48. The second-order valence-electron chi connectivity index (χ2n) is 7.77. The zero-order valence-electron chi connectivity index (χ0n) is 18.1. The molecule has 1 aliphatic rings. The molecule has 0 aliphatic carbocycles. The standard InChI is InChI=1S/C25H24N6OS/c1-2-18-4-3-5-21(16-18)28-23-22-24(27-17-26-23)30-25(33-22)29-20-8-6-19(7-9-20)10-11-31-12-14-32-15-13-31/h1,3-9,16-17H,10-15H2,(H2,26,27,28,29,30). The first-order valence-electron chi connectivity index (χ1n) is 10.9. The number of benzene rings is 2. The molecular weight excluding hydrogens is 432 g/mol. The molecule has 0 spiro atoms. The summed E-state index contributed by atoms with van der Waals surface area (Å²) in [6.45, 7) is 4.78. The van der Waals surface area contributed by atoms with Crippen LogP contribution < -0.4 is 10.6 Å². The Morgan fingerprint density at radius 2 is 1.88 bits per heavy atom. The molecule has 5 rings (SSSR count). The van der Waals surface area contributed by atoms with Gasteiger partial charge in [-0.25, -0.2) is 9.97 Å². The second-order valence-corrected chi connectivity index (χ2v) is 8.77. The smallest absolute Gasteiger partial charge is 0.189 e. The summed E-state index contributed by atoms with van der Waals surface area (Å²) in [6.07, 6.45) is 8.06. The molecular formula is C25H24N6OS. The molecule has 2 N–H and O–H groups in total. The molecule has 8 heteroatoms.